The summed E-state index contributed by atoms with van der Waals surface area (Å²) >= 11 is 0. The van der Waals surface area contributed by atoms with Crippen molar-refractivity contribution in [2.24, 2.45) is 17.8 Å². The summed E-state index contributed by atoms with van der Waals surface area (Å²) in [5, 5.41) is 11.9. The highest BCUT2D eigenvalue weighted by molar-refractivity contribution is 5.95. The quantitative estimate of drug-likeness (QED) is 0.577. The highest BCUT2D eigenvalue weighted by atomic mass is 16.5. The van der Waals surface area contributed by atoms with Gasteiger partial charge in [0.1, 0.15) is 6.61 Å². The van der Waals surface area contributed by atoms with Gasteiger partial charge >= 0.3 is 12.1 Å². The number of carbonyl (C=O) groups excluding carboxylic acids is 2. The van der Waals surface area contributed by atoms with E-state index in [-0.39, 0.29) is 36.2 Å². The molecule has 1 saturated carbocycles. The van der Waals surface area contributed by atoms with Crippen molar-refractivity contribution >= 4 is 23.7 Å². The SMILES string of the molecule is O=C(Nc1ccc(C(=O)N2CC3C(C2)C3C(=O)O)cc1)OCC1c2ccccc2-c2ccccc21. The van der Waals surface area contributed by atoms with Gasteiger partial charge in [-0.3, -0.25) is 14.9 Å². The van der Waals surface area contributed by atoms with Gasteiger partial charge in [0.15, 0.2) is 0 Å². The minimum absolute atomic E-state index is 0.0134. The zero-order valence-electron chi connectivity index (χ0n) is 18.9. The Morgan fingerprint density at radius 2 is 1.43 bits per heavy atom. The second-order valence-corrected chi connectivity index (χ2v) is 9.43. The van der Waals surface area contributed by atoms with Crippen molar-refractivity contribution in [1.82, 2.24) is 4.90 Å². The van der Waals surface area contributed by atoms with Crippen LogP contribution in [-0.4, -0.2) is 47.7 Å². The van der Waals surface area contributed by atoms with Crippen LogP contribution in [0.2, 0.25) is 0 Å². The lowest BCUT2D eigenvalue weighted by atomic mass is 9.98. The van der Waals surface area contributed by atoms with Crippen molar-refractivity contribution < 1.29 is 24.2 Å². The number of amides is 2. The molecule has 0 bridgehead atoms. The van der Waals surface area contributed by atoms with Gasteiger partial charge in [-0.25, -0.2) is 4.79 Å². The van der Waals surface area contributed by atoms with Gasteiger partial charge in [-0.1, -0.05) is 48.5 Å². The maximum atomic E-state index is 12.7. The summed E-state index contributed by atoms with van der Waals surface area (Å²) in [7, 11) is 0. The Kier molecular flexibility index (Phi) is 5.06. The monoisotopic (exact) mass is 468 g/mol. The van der Waals surface area contributed by atoms with Crippen molar-refractivity contribution in [2.45, 2.75) is 5.92 Å². The Morgan fingerprint density at radius 1 is 0.857 bits per heavy atom. The maximum Gasteiger partial charge on any atom is 0.411 e. The van der Waals surface area contributed by atoms with E-state index in [1.807, 2.05) is 24.3 Å². The number of piperidine rings is 1. The number of hydrogen-bond acceptors (Lipinski definition) is 4. The van der Waals surface area contributed by atoms with Crippen LogP contribution in [0.15, 0.2) is 72.8 Å². The van der Waals surface area contributed by atoms with Gasteiger partial charge in [-0.05, 0) is 58.4 Å². The lowest BCUT2D eigenvalue weighted by Crippen LogP contribution is -2.32. The molecule has 176 valence electrons. The molecule has 2 unspecified atom stereocenters. The van der Waals surface area contributed by atoms with Crippen LogP contribution in [0.25, 0.3) is 11.1 Å². The number of ether oxygens (including phenoxy) is 1. The molecule has 1 heterocycles. The van der Waals surface area contributed by atoms with E-state index in [0.717, 1.165) is 11.1 Å². The number of nitrogens with one attached hydrogen (secondary N) is 1. The molecule has 2 amide bonds. The molecule has 6 rings (SSSR count). The molecule has 3 aromatic rings. The molecule has 3 aromatic carbocycles. The van der Waals surface area contributed by atoms with Crippen molar-refractivity contribution in [3.05, 3.63) is 89.5 Å². The minimum atomic E-state index is -0.768. The fourth-order valence-electron chi connectivity index (χ4n) is 5.69. The van der Waals surface area contributed by atoms with E-state index < -0.39 is 12.1 Å². The van der Waals surface area contributed by atoms with Crippen molar-refractivity contribution in [2.75, 3.05) is 25.0 Å². The zero-order chi connectivity index (χ0) is 24.1. The summed E-state index contributed by atoms with van der Waals surface area (Å²) in [6.07, 6.45) is -0.551. The molecule has 0 spiro atoms. The number of likely N-dealkylation sites (tertiary alicyclic amines) is 1. The summed E-state index contributed by atoms with van der Waals surface area (Å²) in [5.41, 5.74) is 5.69. The number of benzene rings is 3. The summed E-state index contributed by atoms with van der Waals surface area (Å²) in [4.78, 5) is 38.1. The van der Waals surface area contributed by atoms with Crippen LogP contribution >= 0.6 is 0 Å². The molecule has 2 N–H and O–H groups in total. The Hall–Kier alpha value is -4.13. The second kappa shape index (κ2) is 8.27. The van der Waals surface area contributed by atoms with E-state index in [2.05, 4.69) is 29.6 Å². The molecule has 0 aromatic heterocycles. The average molecular weight is 469 g/mol. The van der Waals surface area contributed by atoms with Gasteiger partial charge < -0.3 is 14.7 Å². The molecular weight excluding hydrogens is 444 g/mol. The average Bonchev–Trinajstić information content (AvgIpc) is 3.23. The number of carbonyl (C=O) groups is 3. The molecular formula is C28H24N2O5. The molecule has 35 heavy (non-hydrogen) atoms. The summed E-state index contributed by atoms with van der Waals surface area (Å²) < 4.78 is 5.58. The van der Waals surface area contributed by atoms with Crippen molar-refractivity contribution in [3.8, 4) is 11.1 Å². The van der Waals surface area contributed by atoms with Gasteiger partial charge in [0.05, 0.1) is 5.92 Å². The number of rotatable bonds is 5. The van der Waals surface area contributed by atoms with E-state index in [1.165, 1.54) is 11.1 Å². The molecule has 2 fully saturated rings. The first-order chi connectivity index (χ1) is 17.0. The molecule has 1 aliphatic heterocycles. The number of nitrogens with zero attached hydrogens (tertiary/aromatic N) is 1. The van der Waals surface area contributed by atoms with E-state index in [1.54, 1.807) is 29.2 Å². The Morgan fingerprint density at radius 3 is 2.00 bits per heavy atom. The number of anilines is 1. The predicted octanol–water partition coefficient (Wildman–Crippen LogP) is 4.45. The molecule has 2 aliphatic carbocycles. The maximum absolute atomic E-state index is 12.7. The summed E-state index contributed by atoms with van der Waals surface area (Å²) in [5.74, 6) is -1.05. The van der Waals surface area contributed by atoms with Gasteiger partial charge in [0, 0.05) is 30.3 Å². The lowest BCUT2D eigenvalue weighted by Gasteiger charge is -2.19. The van der Waals surface area contributed by atoms with E-state index in [9.17, 15) is 14.4 Å². The molecule has 3 aliphatic rings. The highest BCUT2D eigenvalue weighted by Gasteiger charge is 2.60. The predicted molar refractivity (Wildman–Crippen MR) is 129 cm³/mol. The topological polar surface area (TPSA) is 95.9 Å². The van der Waals surface area contributed by atoms with Crippen LogP contribution < -0.4 is 5.32 Å². The summed E-state index contributed by atoms with van der Waals surface area (Å²) in [6, 6.07) is 23.0. The normalized spacial score (nSPS) is 21.6. The first-order valence-corrected chi connectivity index (χ1v) is 11.8. The Labute approximate surface area is 202 Å². The number of fused-ring (bicyclic) bond motifs is 4. The molecule has 1 saturated heterocycles. The van der Waals surface area contributed by atoms with E-state index >= 15 is 0 Å². The Balaban J connectivity index is 1.05. The van der Waals surface area contributed by atoms with Crippen molar-refractivity contribution in [3.63, 3.8) is 0 Å². The number of carboxylic acids is 1. The van der Waals surface area contributed by atoms with Crippen LogP contribution in [0.1, 0.15) is 27.4 Å². The van der Waals surface area contributed by atoms with E-state index in [4.69, 9.17) is 9.84 Å². The van der Waals surface area contributed by atoms with Crippen LogP contribution in [0.5, 0.6) is 0 Å². The van der Waals surface area contributed by atoms with Crippen LogP contribution in [0, 0.1) is 17.8 Å². The molecule has 2 atom stereocenters. The smallest absolute Gasteiger partial charge is 0.411 e. The molecule has 0 radical (unpaired) electrons. The van der Waals surface area contributed by atoms with Crippen LogP contribution in [0.4, 0.5) is 10.5 Å². The van der Waals surface area contributed by atoms with Gasteiger partial charge in [0.2, 0.25) is 0 Å². The van der Waals surface area contributed by atoms with Gasteiger partial charge in [0.25, 0.3) is 5.91 Å². The lowest BCUT2D eigenvalue weighted by molar-refractivity contribution is -0.139. The molecule has 7 nitrogen and oxygen atoms in total. The first-order valence-electron chi connectivity index (χ1n) is 11.8. The minimum Gasteiger partial charge on any atom is -0.481 e. The van der Waals surface area contributed by atoms with Gasteiger partial charge in [-0.15, -0.1) is 0 Å². The fourth-order valence-corrected chi connectivity index (χ4v) is 5.69. The summed E-state index contributed by atoms with van der Waals surface area (Å²) in [6.45, 7) is 1.20. The highest BCUT2D eigenvalue weighted by Crippen LogP contribution is 2.52. The largest absolute Gasteiger partial charge is 0.481 e. The number of hydrogen-bond donors (Lipinski definition) is 2. The van der Waals surface area contributed by atoms with Gasteiger partial charge in [-0.2, -0.15) is 0 Å². The number of aliphatic carboxylic acids is 1. The third-order valence-corrected chi connectivity index (χ3v) is 7.49. The third kappa shape index (κ3) is 3.73. The standard InChI is InChI=1S/C28H24N2O5/c31-26(30-13-22-23(14-30)25(22)27(32)33)16-9-11-17(12-10-16)29-28(34)35-15-24-20-7-3-1-5-18(20)19-6-2-4-8-21(19)24/h1-12,22-25H,13-15H2,(H,29,34)(H,32,33). The van der Waals surface area contributed by atoms with Crippen molar-refractivity contribution in [1.29, 1.82) is 0 Å². The molecule has 7 heteroatoms. The Bertz CT molecular complexity index is 1280. The van der Waals surface area contributed by atoms with Crippen LogP contribution in [0.3, 0.4) is 0 Å². The van der Waals surface area contributed by atoms with Crippen LogP contribution in [-0.2, 0) is 9.53 Å². The fraction of sp³-hybridized carbons (Fsp3) is 0.250. The third-order valence-electron chi connectivity index (χ3n) is 7.49. The zero-order valence-corrected chi connectivity index (χ0v) is 18.9. The number of carboxylic acid groups (broad SMARTS) is 1. The van der Waals surface area contributed by atoms with E-state index in [0.29, 0.717) is 24.3 Å². The second-order valence-electron chi connectivity index (χ2n) is 9.43. The first kappa shape index (κ1) is 21.4.